The van der Waals surface area contributed by atoms with Gasteiger partial charge in [-0.2, -0.15) is 0 Å². The first-order valence-corrected chi connectivity index (χ1v) is 4.99. The van der Waals surface area contributed by atoms with E-state index in [9.17, 15) is 0 Å². The summed E-state index contributed by atoms with van der Waals surface area (Å²) in [4.78, 5) is 0. The molecule has 2 atom stereocenters. The molecule has 0 saturated heterocycles. The molecule has 0 saturated carbocycles. The zero-order valence-electron chi connectivity index (χ0n) is 7.84. The summed E-state index contributed by atoms with van der Waals surface area (Å²) in [6.45, 7) is 4.65. The Morgan fingerprint density at radius 1 is 1.55 bits per heavy atom. The average molecular weight is 152 g/mol. The third-order valence-corrected chi connectivity index (χ3v) is 2.76. The highest BCUT2D eigenvalue weighted by atomic mass is 14.2. The molecule has 1 aliphatic rings. The van der Waals surface area contributed by atoms with E-state index in [0.29, 0.717) is 0 Å². The van der Waals surface area contributed by atoms with Gasteiger partial charge in [0.2, 0.25) is 0 Å². The van der Waals surface area contributed by atoms with Crippen LogP contribution in [-0.2, 0) is 0 Å². The molecule has 0 aromatic rings. The van der Waals surface area contributed by atoms with Crippen LogP contribution in [0.5, 0.6) is 0 Å². The van der Waals surface area contributed by atoms with Gasteiger partial charge in [-0.05, 0) is 37.5 Å². The minimum Gasteiger partial charge on any atom is -0.0883 e. The first-order valence-electron chi connectivity index (χ1n) is 4.99. The molecule has 0 amide bonds. The summed E-state index contributed by atoms with van der Waals surface area (Å²) in [7, 11) is 0. The highest BCUT2D eigenvalue weighted by Gasteiger charge is 2.10. The van der Waals surface area contributed by atoms with Gasteiger partial charge in [-0.15, -0.1) is 0 Å². The van der Waals surface area contributed by atoms with Gasteiger partial charge in [0, 0.05) is 0 Å². The lowest BCUT2D eigenvalue weighted by Crippen LogP contribution is -2.05. The molecule has 1 unspecified atom stereocenters. The molecule has 0 heterocycles. The van der Waals surface area contributed by atoms with E-state index < -0.39 is 0 Å². The van der Waals surface area contributed by atoms with Crippen molar-refractivity contribution in [2.24, 2.45) is 11.8 Å². The highest BCUT2D eigenvalue weighted by Crippen LogP contribution is 2.24. The van der Waals surface area contributed by atoms with Crippen molar-refractivity contribution in [3.8, 4) is 0 Å². The summed E-state index contributed by atoms with van der Waals surface area (Å²) in [6, 6.07) is 0. The molecule has 0 bridgehead atoms. The van der Waals surface area contributed by atoms with Crippen LogP contribution in [0.4, 0.5) is 0 Å². The lowest BCUT2D eigenvalue weighted by Gasteiger charge is -2.19. The fraction of sp³-hybridized carbons (Fsp3) is 0.818. The zero-order chi connectivity index (χ0) is 8.10. The van der Waals surface area contributed by atoms with Crippen molar-refractivity contribution in [3.63, 3.8) is 0 Å². The molecular weight excluding hydrogens is 132 g/mol. The molecule has 0 aliphatic heterocycles. The maximum atomic E-state index is 2.43. The van der Waals surface area contributed by atoms with Crippen LogP contribution in [0, 0.1) is 11.8 Å². The molecule has 0 spiro atoms. The fourth-order valence-corrected chi connectivity index (χ4v) is 1.76. The number of allylic oxidation sites excluding steroid dienone is 2. The lowest BCUT2D eigenvalue weighted by atomic mass is 9.87. The summed E-state index contributed by atoms with van der Waals surface area (Å²) in [5, 5.41) is 0. The molecule has 0 aromatic heterocycles. The molecule has 0 aromatic carbocycles. The standard InChI is InChI=1S/C11H20/c1-3-10(2)9-11-7-5-4-6-8-11/h5,7,10-11H,3-4,6,8-9H2,1-2H3/t10-,11?/m1/s1. The van der Waals surface area contributed by atoms with Crippen LogP contribution < -0.4 is 0 Å². The van der Waals surface area contributed by atoms with Gasteiger partial charge in [0.15, 0.2) is 0 Å². The lowest BCUT2D eigenvalue weighted by molar-refractivity contribution is 0.402. The van der Waals surface area contributed by atoms with E-state index in [1.165, 1.54) is 32.1 Å². The quantitative estimate of drug-likeness (QED) is 0.540. The normalized spacial score (nSPS) is 26.9. The predicted octanol–water partition coefficient (Wildman–Crippen LogP) is 3.78. The zero-order valence-corrected chi connectivity index (χ0v) is 7.84. The summed E-state index contributed by atoms with van der Waals surface area (Å²) in [6.07, 6.45) is 11.7. The Kier molecular flexibility index (Phi) is 3.68. The SMILES string of the molecule is CC[C@@H](C)CC1C=CCCC1. The van der Waals surface area contributed by atoms with E-state index in [-0.39, 0.29) is 0 Å². The van der Waals surface area contributed by atoms with Crippen LogP contribution >= 0.6 is 0 Å². The van der Waals surface area contributed by atoms with Gasteiger partial charge in [0.25, 0.3) is 0 Å². The molecule has 64 valence electrons. The van der Waals surface area contributed by atoms with Crippen molar-refractivity contribution < 1.29 is 0 Å². The molecule has 1 rings (SSSR count). The second-order valence-electron chi connectivity index (χ2n) is 3.87. The summed E-state index contributed by atoms with van der Waals surface area (Å²) in [5.74, 6) is 1.82. The fourth-order valence-electron chi connectivity index (χ4n) is 1.76. The molecule has 0 nitrogen and oxygen atoms in total. The van der Waals surface area contributed by atoms with Crippen LogP contribution in [-0.4, -0.2) is 0 Å². The Bertz CT molecular complexity index is 124. The molecular formula is C11H20. The van der Waals surface area contributed by atoms with Gasteiger partial charge in [-0.1, -0.05) is 32.4 Å². The topological polar surface area (TPSA) is 0 Å². The van der Waals surface area contributed by atoms with E-state index in [1.54, 1.807) is 0 Å². The van der Waals surface area contributed by atoms with Crippen molar-refractivity contribution in [2.75, 3.05) is 0 Å². The number of hydrogen-bond donors (Lipinski definition) is 0. The molecule has 0 fully saturated rings. The smallest absolute Gasteiger partial charge is 0.0231 e. The summed E-state index contributed by atoms with van der Waals surface area (Å²) in [5.41, 5.74) is 0. The second-order valence-corrected chi connectivity index (χ2v) is 3.87. The van der Waals surface area contributed by atoms with Crippen molar-refractivity contribution in [2.45, 2.75) is 46.0 Å². The minimum atomic E-state index is 0.902. The van der Waals surface area contributed by atoms with Crippen LogP contribution in [0.15, 0.2) is 12.2 Å². The summed E-state index contributed by atoms with van der Waals surface area (Å²) >= 11 is 0. The Labute approximate surface area is 70.7 Å². The van der Waals surface area contributed by atoms with Crippen molar-refractivity contribution in [1.29, 1.82) is 0 Å². The van der Waals surface area contributed by atoms with E-state index in [4.69, 9.17) is 0 Å². The Morgan fingerprint density at radius 2 is 2.36 bits per heavy atom. The molecule has 0 N–H and O–H groups in total. The maximum Gasteiger partial charge on any atom is -0.0231 e. The first-order chi connectivity index (χ1) is 5.33. The van der Waals surface area contributed by atoms with Gasteiger partial charge in [0.1, 0.15) is 0 Å². The Morgan fingerprint density at radius 3 is 2.91 bits per heavy atom. The van der Waals surface area contributed by atoms with E-state index in [2.05, 4.69) is 26.0 Å². The van der Waals surface area contributed by atoms with Gasteiger partial charge in [-0.25, -0.2) is 0 Å². The Balaban J connectivity index is 2.24. The van der Waals surface area contributed by atoms with Crippen molar-refractivity contribution in [1.82, 2.24) is 0 Å². The van der Waals surface area contributed by atoms with Crippen LogP contribution in [0.2, 0.25) is 0 Å². The van der Waals surface area contributed by atoms with Crippen LogP contribution in [0.3, 0.4) is 0 Å². The molecule has 11 heavy (non-hydrogen) atoms. The molecule has 0 heteroatoms. The third kappa shape index (κ3) is 3.09. The predicted molar refractivity (Wildman–Crippen MR) is 50.6 cm³/mol. The average Bonchev–Trinajstić information content (AvgIpc) is 2.06. The van der Waals surface area contributed by atoms with Gasteiger partial charge in [-0.3, -0.25) is 0 Å². The van der Waals surface area contributed by atoms with E-state index in [1.807, 2.05) is 0 Å². The van der Waals surface area contributed by atoms with Crippen LogP contribution in [0.25, 0.3) is 0 Å². The molecule has 1 aliphatic carbocycles. The second kappa shape index (κ2) is 4.58. The Hall–Kier alpha value is -0.260. The van der Waals surface area contributed by atoms with E-state index >= 15 is 0 Å². The van der Waals surface area contributed by atoms with E-state index in [0.717, 1.165) is 11.8 Å². The van der Waals surface area contributed by atoms with Crippen molar-refractivity contribution >= 4 is 0 Å². The molecule has 0 radical (unpaired) electrons. The number of hydrogen-bond acceptors (Lipinski definition) is 0. The van der Waals surface area contributed by atoms with Gasteiger partial charge in [0.05, 0.1) is 0 Å². The van der Waals surface area contributed by atoms with Gasteiger partial charge < -0.3 is 0 Å². The van der Waals surface area contributed by atoms with Crippen LogP contribution in [0.1, 0.15) is 46.0 Å². The summed E-state index contributed by atoms with van der Waals surface area (Å²) < 4.78 is 0. The van der Waals surface area contributed by atoms with Gasteiger partial charge >= 0.3 is 0 Å². The largest absolute Gasteiger partial charge is 0.0883 e. The third-order valence-electron chi connectivity index (χ3n) is 2.76. The van der Waals surface area contributed by atoms with Crippen molar-refractivity contribution in [3.05, 3.63) is 12.2 Å². The first kappa shape index (κ1) is 8.83. The maximum absolute atomic E-state index is 2.43. The monoisotopic (exact) mass is 152 g/mol. The number of rotatable bonds is 3. The minimum absolute atomic E-state index is 0.902. The highest BCUT2D eigenvalue weighted by molar-refractivity contribution is 4.93.